The van der Waals surface area contributed by atoms with Crippen LogP contribution in [-0.2, 0) is 6.42 Å². The molecule has 0 aromatic heterocycles. The molecule has 13 heavy (non-hydrogen) atoms. The number of nitriles is 1. The molecule has 0 N–H and O–H groups in total. The van der Waals surface area contributed by atoms with Crippen LogP contribution in [0.25, 0.3) is 6.08 Å². The van der Waals surface area contributed by atoms with Gasteiger partial charge in [0.2, 0.25) is 0 Å². The van der Waals surface area contributed by atoms with Crippen molar-refractivity contribution in [2.24, 2.45) is 0 Å². The quantitative estimate of drug-likeness (QED) is 0.582. The van der Waals surface area contributed by atoms with E-state index in [1.165, 1.54) is 5.56 Å². The lowest BCUT2D eigenvalue weighted by molar-refractivity contribution is 1.27. The summed E-state index contributed by atoms with van der Waals surface area (Å²) < 4.78 is 0. The van der Waals surface area contributed by atoms with Crippen molar-refractivity contribution in [3.05, 3.63) is 53.1 Å². The molecule has 0 bridgehead atoms. The topological polar surface area (TPSA) is 23.8 Å². The molecule has 1 nitrogen and oxygen atoms in total. The van der Waals surface area contributed by atoms with Crippen LogP contribution in [0.5, 0.6) is 0 Å². The standard InChI is InChI=1S/C12H9N/c13-9-10-4-3-7-11-5-1-2-6-12(11)8-10/h1-6,8H,7H2. The van der Waals surface area contributed by atoms with Crippen molar-refractivity contribution < 1.29 is 0 Å². The van der Waals surface area contributed by atoms with E-state index in [2.05, 4.69) is 12.1 Å². The van der Waals surface area contributed by atoms with Crippen LogP contribution in [0.3, 0.4) is 0 Å². The van der Waals surface area contributed by atoms with Crippen LogP contribution in [0.4, 0.5) is 0 Å². The van der Waals surface area contributed by atoms with Gasteiger partial charge in [0.25, 0.3) is 0 Å². The van der Waals surface area contributed by atoms with Gasteiger partial charge >= 0.3 is 0 Å². The van der Waals surface area contributed by atoms with E-state index in [9.17, 15) is 0 Å². The van der Waals surface area contributed by atoms with Gasteiger partial charge in [0, 0.05) is 0 Å². The lowest BCUT2D eigenvalue weighted by Crippen LogP contribution is -1.83. The summed E-state index contributed by atoms with van der Waals surface area (Å²) in [6.07, 6.45) is 6.75. The molecule has 1 aromatic carbocycles. The van der Waals surface area contributed by atoms with Gasteiger partial charge in [-0.3, -0.25) is 0 Å². The monoisotopic (exact) mass is 167 g/mol. The predicted molar refractivity (Wildman–Crippen MR) is 52.9 cm³/mol. The molecule has 0 spiro atoms. The highest BCUT2D eigenvalue weighted by molar-refractivity contribution is 5.64. The molecule has 0 saturated carbocycles. The molecular weight excluding hydrogens is 158 g/mol. The molecule has 62 valence electrons. The van der Waals surface area contributed by atoms with E-state index in [1.807, 2.05) is 36.4 Å². The van der Waals surface area contributed by atoms with Crippen LogP contribution in [0.1, 0.15) is 11.1 Å². The van der Waals surface area contributed by atoms with Crippen LogP contribution in [0, 0.1) is 11.3 Å². The summed E-state index contributed by atoms with van der Waals surface area (Å²) in [5, 5.41) is 8.77. The molecule has 0 atom stereocenters. The summed E-state index contributed by atoms with van der Waals surface area (Å²) in [5.41, 5.74) is 3.16. The van der Waals surface area contributed by atoms with Crippen molar-refractivity contribution in [3.8, 4) is 6.07 Å². The second-order valence-corrected chi connectivity index (χ2v) is 3.02. The Morgan fingerprint density at radius 1 is 1.23 bits per heavy atom. The van der Waals surface area contributed by atoms with Crippen molar-refractivity contribution >= 4 is 6.08 Å². The zero-order valence-corrected chi connectivity index (χ0v) is 7.20. The fourth-order valence-electron chi connectivity index (χ4n) is 1.46. The van der Waals surface area contributed by atoms with Gasteiger partial charge in [0.05, 0.1) is 11.6 Å². The summed E-state index contributed by atoms with van der Waals surface area (Å²) in [7, 11) is 0. The second-order valence-electron chi connectivity index (χ2n) is 3.02. The average molecular weight is 167 g/mol. The van der Waals surface area contributed by atoms with Gasteiger partial charge in [-0.15, -0.1) is 0 Å². The van der Waals surface area contributed by atoms with E-state index in [1.54, 1.807) is 0 Å². The smallest absolute Gasteiger partial charge is 0.0991 e. The molecule has 1 heteroatoms. The van der Waals surface area contributed by atoms with Crippen LogP contribution in [-0.4, -0.2) is 0 Å². The fourth-order valence-corrected chi connectivity index (χ4v) is 1.46. The van der Waals surface area contributed by atoms with E-state index in [4.69, 9.17) is 5.26 Å². The minimum atomic E-state index is 0.727. The van der Waals surface area contributed by atoms with Crippen molar-refractivity contribution in [3.63, 3.8) is 0 Å². The minimum absolute atomic E-state index is 0.727. The number of allylic oxidation sites excluding steroid dienone is 3. The number of fused-ring (bicyclic) bond motifs is 1. The maximum absolute atomic E-state index is 8.77. The summed E-state index contributed by atoms with van der Waals surface area (Å²) >= 11 is 0. The van der Waals surface area contributed by atoms with E-state index in [0.717, 1.165) is 17.6 Å². The lowest BCUT2D eigenvalue weighted by atomic mass is 10.1. The zero-order chi connectivity index (χ0) is 9.10. The van der Waals surface area contributed by atoms with E-state index in [0.29, 0.717) is 0 Å². The molecule has 0 amide bonds. The molecule has 1 aromatic rings. The van der Waals surface area contributed by atoms with Gasteiger partial charge < -0.3 is 0 Å². The first kappa shape index (κ1) is 7.82. The molecule has 0 unspecified atom stereocenters. The van der Waals surface area contributed by atoms with Crippen molar-refractivity contribution in [2.45, 2.75) is 6.42 Å². The van der Waals surface area contributed by atoms with E-state index < -0.39 is 0 Å². The van der Waals surface area contributed by atoms with Gasteiger partial charge in [-0.05, 0) is 29.7 Å². The molecule has 2 rings (SSSR count). The molecule has 0 fully saturated rings. The Labute approximate surface area is 77.6 Å². The van der Waals surface area contributed by atoms with Gasteiger partial charge in [-0.25, -0.2) is 0 Å². The van der Waals surface area contributed by atoms with Gasteiger partial charge in [0.15, 0.2) is 0 Å². The summed E-state index contributed by atoms with van der Waals surface area (Å²) in [6.45, 7) is 0. The second kappa shape index (κ2) is 3.28. The average Bonchev–Trinajstić information content (AvgIpc) is 2.38. The van der Waals surface area contributed by atoms with E-state index >= 15 is 0 Å². The number of nitrogens with zero attached hydrogens (tertiary/aromatic N) is 1. The number of hydrogen-bond acceptors (Lipinski definition) is 1. The first-order chi connectivity index (χ1) is 6.40. The van der Waals surface area contributed by atoms with Crippen molar-refractivity contribution in [1.29, 1.82) is 5.26 Å². The Hall–Kier alpha value is -1.81. The lowest BCUT2D eigenvalue weighted by Gasteiger charge is -1.99. The van der Waals surface area contributed by atoms with Gasteiger partial charge in [-0.2, -0.15) is 5.26 Å². The Balaban J connectivity index is 2.55. The first-order valence-electron chi connectivity index (χ1n) is 4.26. The fraction of sp³-hybridized carbons (Fsp3) is 0.0833. The molecule has 0 aliphatic heterocycles. The maximum atomic E-state index is 8.77. The Morgan fingerprint density at radius 3 is 2.92 bits per heavy atom. The Kier molecular flexibility index (Phi) is 1.97. The molecule has 0 saturated heterocycles. The summed E-state index contributed by atoms with van der Waals surface area (Å²) in [5.74, 6) is 0. The number of rotatable bonds is 0. The SMILES string of the molecule is N#CC1=Cc2ccccc2CC=C1. The third-order valence-electron chi connectivity index (χ3n) is 2.13. The first-order valence-corrected chi connectivity index (χ1v) is 4.26. The van der Waals surface area contributed by atoms with Gasteiger partial charge in [-0.1, -0.05) is 30.3 Å². The molecule has 0 heterocycles. The highest BCUT2D eigenvalue weighted by atomic mass is 14.2. The van der Waals surface area contributed by atoms with Crippen LogP contribution >= 0.6 is 0 Å². The highest BCUT2D eigenvalue weighted by Crippen LogP contribution is 2.17. The Morgan fingerprint density at radius 2 is 2.08 bits per heavy atom. The molecule has 1 aliphatic rings. The number of benzene rings is 1. The minimum Gasteiger partial charge on any atom is -0.192 e. The zero-order valence-electron chi connectivity index (χ0n) is 7.20. The summed E-state index contributed by atoms with van der Waals surface area (Å²) in [6, 6.07) is 10.3. The molecule has 0 radical (unpaired) electrons. The molecule has 1 aliphatic carbocycles. The maximum Gasteiger partial charge on any atom is 0.0991 e. The third kappa shape index (κ3) is 1.52. The van der Waals surface area contributed by atoms with Crippen molar-refractivity contribution in [1.82, 2.24) is 0 Å². The highest BCUT2D eigenvalue weighted by Gasteiger charge is 2.01. The van der Waals surface area contributed by atoms with Crippen LogP contribution < -0.4 is 0 Å². The number of hydrogen-bond donors (Lipinski definition) is 0. The van der Waals surface area contributed by atoms with Crippen molar-refractivity contribution in [2.75, 3.05) is 0 Å². The van der Waals surface area contributed by atoms with Crippen LogP contribution in [0.2, 0.25) is 0 Å². The normalized spacial score (nSPS) is 13.9. The Bertz CT molecular complexity index is 419. The van der Waals surface area contributed by atoms with Crippen LogP contribution in [0.15, 0.2) is 42.0 Å². The summed E-state index contributed by atoms with van der Waals surface area (Å²) in [4.78, 5) is 0. The largest absolute Gasteiger partial charge is 0.192 e. The molecular formula is C12H9N. The third-order valence-corrected chi connectivity index (χ3v) is 2.13. The van der Waals surface area contributed by atoms with Gasteiger partial charge in [0.1, 0.15) is 0 Å². The van der Waals surface area contributed by atoms with E-state index in [-0.39, 0.29) is 0 Å². The predicted octanol–water partition coefficient (Wildman–Crippen LogP) is 2.71.